The second-order valence-corrected chi connectivity index (χ2v) is 17.1. The number of carbonyl (C=O) groups excluding carboxylic acids is 2. The molecule has 2 amide bonds. The standard InChI is InChI=1S/C29H36N2O5Si/c1-7-28-16-22(32)29(36-28,14-15-35-37(5,6)27(2,3)4)24-23(28)25(33)31(26(24)34)21-13-12-18(17-30)19-10-8-9-11-20(19)21/h8-13,22-24,32H,7,14-16H2,1-6H3. The van der Waals surface area contributed by atoms with Crippen molar-refractivity contribution in [2.24, 2.45) is 11.8 Å². The van der Waals surface area contributed by atoms with Crippen molar-refractivity contribution in [1.82, 2.24) is 0 Å². The summed E-state index contributed by atoms with van der Waals surface area (Å²) in [6.45, 7) is 13.2. The van der Waals surface area contributed by atoms with E-state index in [0.29, 0.717) is 47.9 Å². The topological polar surface area (TPSA) is 99.9 Å². The molecule has 7 nitrogen and oxygen atoms in total. The molecule has 5 rings (SSSR count). The molecule has 1 N–H and O–H groups in total. The molecule has 2 bridgehead atoms. The monoisotopic (exact) mass is 520 g/mol. The Bertz CT molecular complexity index is 1330. The van der Waals surface area contributed by atoms with E-state index in [1.54, 1.807) is 12.1 Å². The van der Waals surface area contributed by atoms with E-state index < -0.39 is 37.5 Å². The van der Waals surface area contributed by atoms with Crippen molar-refractivity contribution in [2.45, 2.75) is 82.4 Å². The predicted molar refractivity (Wildman–Crippen MR) is 143 cm³/mol. The molecule has 37 heavy (non-hydrogen) atoms. The van der Waals surface area contributed by atoms with E-state index in [1.165, 1.54) is 4.90 Å². The van der Waals surface area contributed by atoms with Crippen molar-refractivity contribution >= 4 is 36.6 Å². The van der Waals surface area contributed by atoms with Gasteiger partial charge < -0.3 is 14.3 Å². The number of hydrogen-bond donors (Lipinski definition) is 1. The van der Waals surface area contributed by atoms with Gasteiger partial charge in [-0.2, -0.15) is 5.26 Å². The lowest BCUT2D eigenvalue weighted by molar-refractivity contribution is -0.138. The highest BCUT2D eigenvalue weighted by Crippen LogP contribution is 2.63. The van der Waals surface area contributed by atoms with E-state index in [1.807, 2.05) is 31.2 Å². The third kappa shape index (κ3) is 3.55. The summed E-state index contributed by atoms with van der Waals surface area (Å²) in [6, 6.07) is 12.9. The molecule has 0 aliphatic carbocycles. The minimum Gasteiger partial charge on any atom is -0.417 e. The fourth-order valence-corrected chi connectivity index (χ4v) is 7.49. The van der Waals surface area contributed by atoms with Crippen LogP contribution in [0.3, 0.4) is 0 Å². The molecule has 8 heteroatoms. The van der Waals surface area contributed by atoms with Crippen LogP contribution in [-0.4, -0.2) is 49.2 Å². The van der Waals surface area contributed by atoms with Crippen molar-refractivity contribution in [2.75, 3.05) is 11.5 Å². The van der Waals surface area contributed by atoms with E-state index in [4.69, 9.17) is 9.16 Å². The second kappa shape index (κ2) is 8.47. The number of imide groups is 1. The zero-order valence-electron chi connectivity index (χ0n) is 22.5. The maximum Gasteiger partial charge on any atom is 0.240 e. The van der Waals surface area contributed by atoms with Crippen molar-refractivity contribution in [3.63, 3.8) is 0 Å². The number of rotatable bonds is 6. The number of ether oxygens (including phenoxy) is 1. The van der Waals surface area contributed by atoms with Crippen molar-refractivity contribution in [1.29, 1.82) is 5.26 Å². The highest BCUT2D eigenvalue weighted by Gasteiger charge is 2.78. The van der Waals surface area contributed by atoms with Gasteiger partial charge in [0.2, 0.25) is 11.8 Å². The lowest BCUT2D eigenvalue weighted by Gasteiger charge is -2.39. The Morgan fingerprint density at radius 3 is 2.41 bits per heavy atom. The van der Waals surface area contributed by atoms with Crippen LogP contribution in [0.5, 0.6) is 0 Å². The van der Waals surface area contributed by atoms with Gasteiger partial charge in [0, 0.05) is 30.2 Å². The third-order valence-corrected chi connectivity index (χ3v) is 14.1. The Labute approximate surface area is 219 Å². The SMILES string of the molecule is CCC12CC(O)C(CCO[Si](C)(C)C(C)(C)C)(O1)C1C(=O)N(c3ccc(C#N)c4ccccc34)C(=O)C12. The first-order valence-electron chi connectivity index (χ1n) is 13.2. The van der Waals surface area contributed by atoms with Crippen LogP contribution in [0.1, 0.15) is 52.5 Å². The fourth-order valence-electron chi connectivity index (χ4n) is 6.45. The largest absolute Gasteiger partial charge is 0.417 e. The van der Waals surface area contributed by atoms with E-state index in [2.05, 4.69) is 39.9 Å². The molecule has 3 heterocycles. The lowest BCUT2D eigenvalue weighted by Crippen LogP contribution is -2.52. The molecule has 3 aliphatic heterocycles. The summed E-state index contributed by atoms with van der Waals surface area (Å²) >= 11 is 0. The Morgan fingerprint density at radius 1 is 1.14 bits per heavy atom. The van der Waals surface area contributed by atoms with Crippen LogP contribution >= 0.6 is 0 Å². The molecule has 2 aromatic carbocycles. The van der Waals surface area contributed by atoms with Gasteiger partial charge in [-0.05, 0) is 36.7 Å². The molecule has 5 unspecified atom stereocenters. The van der Waals surface area contributed by atoms with Crippen LogP contribution in [0.2, 0.25) is 18.1 Å². The number of hydrogen-bond acceptors (Lipinski definition) is 6. The molecule has 0 saturated carbocycles. The summed E-state index contributed by atoms with van der Waals surface area (Å²) in [5.74, 6) is -2.06. The second-order valence-electron chi connectivity index (χ2n) is 12.3. The highest BCUT2D eigenvalue weighted by molar-refractivity contribution is 6.74. The Morgan fingerprint density at radius 2 is 1.78 bits per heavy atom. The van der Waals surface area contributed by atoms with Gasteiger partial charge in [0.25, 0.3) is 0 Å². The van der Waals surface area contributed by atoms with Gasteiger partial charge in [-0.15, -0.1) is 0 Å². The summed E-state index contributed by atoms with van der Waals surface area (Å²) < 4.78 is 13.0. The number of benzene rings is 2. The molecule has 3 saturated heterocycles. The molecule has 3 aliphatic rings. The zero-order valence-corrected chi connectivity index (χ0v) is 23.5. The van der Waals surface area contributed by atoms with Crippen molar-refractivity contribution in [3.05, 3.63) is 42.0 Å². The Balaban J connectivity index is 1.54. The van der Waals surface area contributed by atoms with Gasteiger partial charge in [-0.25, -0.2) is 4.90 Å². The van der Waals surface area contributed by atoms with Crippen LogP contribution in [0.25, 0.3) is 10.8 Å². The maximum absolute atomic E-state index is 14.1. The Kier molecular flexibility index (Phi) is 5.96. The van der Waals surface area contributed by atoms with Crippen molar-refractivity contribution in [3.8, 4) is 6.07 Å². The zero-order chi connectivity index (χ0) is 27.0. The predicted octanol–water partition coefficient (Wildman–Crippen LogP) is 4.91. The first-order chi connectivity index (χ1) is 17.3. The van der Waals surface area contributed by atoms with Gasteiger partial charge in [-0.3, -0.25) is 9.59 Å². The van der Waals surface area contributed by atoms with Gasteiger partial charge in [0.1, 0.15) is 5.60 Å². The molecular weight excluding hydrogens is 484 g/mol. The molecule has 0 aromatic heterocycles. The molecule has 0 radical (unpaired) electrons. The van der Waals surface area contributed by atoms with Gasteiger partial charge >= 0.3 is 0 Å². The van der Waals surface area contributed by atoms with Crippen LogP contribution in [0.15, 0.2) is 36.4 Å². The average molecular weight is 521 g/mol. The van der Waals surface area contributed by atoms with Crippen LogP contribution in [0, 0.1) is 23.2 Å². The molecule has 196 valence electrons. The summed E-state index contributed by atoms with van der Waals surface area (Å²) in [5.41, 5.74) is -1.08. The number of carbonyl (C=O) groups is 2. The number of aliphatic hydroxyl groups excluding tert-OH is 1. The first kappa shape index (κ1) is 26.1. The molecule has 0 spiro atoms. The highest BCUT2D eigenvalue weighted by atomic mass is 28.4. The first-order valence-corrected chi connectivity index (χ1v) is 16.1. The van der Waals surface area contributed by atoms with E-state index in [0.717, 1.165) is 0 Å². The van der Waals surface area contributed by atoms with Crippen LogP contribution in [-0.2, 0) is 18.8 Å². The lowest BCUT2D eigenvalue weighted by atomic mass is 9.64. The minimum absolute atomic E-state index is 0.0256. The number of anilines is 1. The normalized spacial score (nSPS) is 31.3. The Hall–Kier alpha value is -2.57. The van der Waals surface area contributed by atoms with Gasteiger partial charge in [-0.1, -0.05) is 52.0 Å². The molecule has 2 aromatic rings. The number of aliphatic hydroxyl groups is 1. The average Bonchev–Trinajstić information content (AvgIpc) is 3.41. The minimum atomic E-state index is -2.05. The van der Waals surface area contributed by atoms with E-state index in [-0.39, 0.29) is 16.9 Å². The molecule has 5 atom stereocenters. The number of nitriles is 1. The summed E-state index contributed by atoms with van der Waals surface area (Å²) in [7, 11) is -2.05. The van der Waals surface area contributed by atoms with Crippen LogP contribution in [0.4, 0.5) is 5.69 Å². The van der Waals surface area contributed by atoms with E-state index >= 15 is 0 Å². The number of amides is 2. The number of nitrogens with zero attached hydrogens (tertiary/aromatic N) is 2. The van der Waals surface area contributed by atoms with Gasteiger partial charge in [0.05, 0.1) is 40.9 Å². The quantitative estimate of drug-likeness (QED) is 0.429. The van der Waals surface area contributed by atoms with Crippen LogP contribution < -0.4 is 4.90 Å². The van der Waals surface area contributed by atoms with E-state index in [9.17, 15) is 20.0 Å². The molecule has 3 fully saturated rings. The summed E-state index contributed by atoms with van der Waals surface area (Å²) in [5, 5.41) is 22.3. The number of fused-ring (bicyclic) bond motifs is 6. The summed E-state index contributed by atoms with van der Waals surface area (Å²) in [6.07, 6.45) is 0.346. The van der Waals surface area contributed by atoms with Gasteiger partial charge in [0.15, 0.2) is 8.32 Å². The fraction of sp³-hybridized carbons (Fsp3) is 0.552. The third-order valence-electron chi connectivity index (χ3n) is 9.52. The summed E-state index contributed by atoms with van der Waals surface area (Å²) in [4.78, 5) is 29.4. The smallest absolute Gasteiger partial charge is 0.240 e. The molecular formula is C29H36N2O5Si. The van der Waals surface area contributed by atoms with Crippen molar-refractivity contribution < 1.29 is 23.9 Å². The maximum atomic E-state index is 14.1.